The molecule has 0 radical (unpaired) electrons. The first-order valence-corrected chi connectivity index (χ1v) is 9.12. The summed E-state index contributed by atoms with van der Waals surface area (Å²) in [5.41, 5.74) is 0. The van der Waals surface area contributed by atoms with Crippen molar-refractivity contribution in [3.05, 3.63) is 0 Å². The fourth-order valence-electron chi connectivity index (χ4n) is 3.36. The van der Waals surface area contributed by atoms with E-state index in [-0.39, 0.29) is 11.8 Å². The molecule has 23 heavy (non-hydrogen) atoms. The zero-order valence-electron chi connectivity index (χ0n) is 14.3. The van der Waals surface area contributed by atoms with Gasteiger partial charge >= 0.3 is 0 Å². The van der Waals surface area contributed by atoms with Crippen LogP contribution in [0.1, 0.15) is 32.6 Å². The van der Waals surface area contributed by atoms with Crippen molar-refractivity contribution in [3.8, 4) is 0 Å². The number of carbonyl (C=O) groups excluding carboxylic acids is 2. The van der Waals surface area contributed by atoms with Crippen molar-refractivity contribution >= 4 is 11.8 Å². The van der Waals surface area contributed by atoms with Crippen LogP contribution in [0.15, 0.2) is 0 Å². The van der Waals surface area contributed by atoms with Crippen LogP contribution in [0.5, 0.6) is 0 Å². The summed E-state index contributed by atoms with van der Waals surface area (Å²) in [7, 11) is 0. The summed E-state index contributed by atoms with van der Waals surface area (Å²) in [5.74, 6) is 1.18. The van der Waals surface area contributed by atoms with Crippen molar-refractivity contribution < 1.29 is 9.59 Å². The molecule has 2 aliphatic heterocycles. The molecule has 6 nitrogen and oxygen atoms in total. The van der Waals surface area contributed by atoms with E-state index >= 15 is 0 Å². The molecular formula is C17H30N4O2. The number of carbonyl (C=O) groups is 2. The lowest BCUT2D eigenvalue weighted by molar-refractivity contribution is -0.134. The Morgan fingerprint density at radius 1 is 0.870 bits per heavy atom. The Hall–Kier alpha value is -1.14. The number of nitrogens with one attached hydrogen (secondary N) is 1. The maximum Gasteiger partial charge on any atom is 0.236 e. The number of piperidine rings is 1. The molecule has 0 spiro atoms. The Kier molecular flexibility index (Phi) is 5.54. The van der Waals surface area contributed by atoms with Crippen molar-refractivity contribution in [1.82, 2.24) is 20.0 Å². The van der Waals surface area contributed by atoms with Crippen molar-refractivity contribution in [2.75, 3.05) is 52.4 Å². The van der Waals surface area contributed by atoms with Gasteiger partial charge in [-0.25, -0.2) is 0 Å². The molecule has 2 amide bonds. The highest BCUT2D eigenvalue weighted by Crippen LogP contribution is 2.18. The first-order chi connectivity index (χ1) is 11.1. The zero-order chi connectivity index (χ0) is 16.2. The number of rotatable bonds is 5. The average molecular weight is 322 g/mol. The summed E-state index contributed by atoms with van der Waals surface area (Å²) >= 11 is 0. The first kappa shape index (κ1) is 16.7. The smallest absolute Gasteiger partial charge is 0.236 e. The van der Waals surface area contributed by atoms with Gasteiger partial charge in [0.25, 0.3) is 0 Å². The summed E-state index contributed by atoms with van der Waals surface area (Å²) < 4.78 is 0. The summed E-state index contributed by atoms with van der Waals surface area (Å²) in [6.07, 6.45) is 4.54. The van der Waals surface area contributed by atoms with Crippen LogP contribution in [0.2, 0.25) is 0 Å². The van der Waals surface area contributed by atoms with E-state index in [1.165, 1.54) is 0 Å². The second kappa shape index (κ2) is 7.62. The van der Waals surface area contributed by atoms with Crippen molar-refractivity contribution in [2.45, 2.75) is 38.6 Å². The lowest BCUT2D eigenvalue weighted by Gasteiger charge is -2.36. The van der Waals surface area contributed by atoms with E-state index in [1.807, 2.05) is 4.90 Å². The fourth-order valence-corrected chi connectivity index (χ4v) is 3.36. The van der Waals surface area contributed by atoms with E-state index in [0.29, 0.717) is 19.1 Å². The number of hydrogen-bond acceptors (Lipinski definition) is 4. The lowest BCUT2D eigenvalue weighted by atomic mass is 9.99. The lowest BCUT2D eigenvalue weighted by Crippen LogP contribution is -2.52. The van der Waals surface area contributed by atoms with Crippen LogP contribution >= 0.6 is 0 Å². The Morgan fingerprint density at radius 2 is 1.43 bits per heavy atom. The summed E-state index contributed by atoms with van der Waals surface area (Å²) in [4.78, 5) is 30.6. The Bertz CT molecular complexity index is 422. The molecule has 3 fully saturated rings. The van der Waals surface area contributed by atoms with E-state index < -0.39 is 0 Å². The van der Waals surface area contributed by atoms with Crippen molar-refractivity contribution in [2.24, 2.45) is 5.92 Å². The third kappa shape index (κ3) is 5.18. The van der Waals surface area contributed by atoms with Gasteiger partial charge in [-0.1, -0.05) is 6.92 Å². The average Bonchev–Trinajstić information content (AvgIpc) is 3.33. The van der Waals surface area contributed by atoms with E-state index in [2.05, 4.69) is 22.0 Å². The molecule has 0 atom stereocenters. The molecule has 0 unspecified atom stereocenters. The molecule has 1 aliphatic carbocycles. The molecular weight excluding hydrogens is 292 g/mol. The Balaban J connectivity index is 1.33. The van der Waals surface area contributed by atoms with Gasteiger partial charge in [0.05, 0.1) is 13.1 Å². The SMILES string of the molecule is CC1CCN(C(=O)CN2CCN(CC(=O)NC3CC3)CC2)CC1. The van der Waals surface area contributed by atoms with Crippen LogP contribution in [-0.4, -0.2) is 84.9 Å². The highest BCUT2D eigenvalue weighted by atomic mass is 16.2. The van der Waals surface area contributed by atoms with Gasteiger partial charge in [0.1, 0.15) is 0 Å². The normalized spacial score (nSPS) is 24.7. The minimum atomic E-state index is 0.152. The van der Waals surface area contributed by atoms with Gasteiger partial charge in [0, 0.05) is 45.3 Å². The van der Waals surface area contributed by atoms with Gasteiger partial charge in [-0.2, -0.15) is 0 Å². The molecule has 0 aromatic heterocycles. The maximum absolute atomic E-state index is 12.4. The maximum atomic E-state index is 12.4. The van der Waals surface area contributed by atoms with E-state index in [9.17, 15) is 9.59 Å². The van der Waals surface area contributed by atoms with Crippen molar-refractivity contribution in [3.63, 3.8) is 0 Å². The molecule has 1 saturated carbocycles. The first-order valence-electron chi connectivity index (χ1n) is 9.12. The van der Waals surface area contributed by atoms with Gasteiger partial charge in [0.2, 0.25) is 11.8 Å². The minimum absolute atomic E-state index is 0.152. The molecule has 130 valence electrons. The number of hydrogen-bond donors (Lipinski definition) is 1. The predicted octanol–water partition coefficient (Wildman–Crippen LogP) is 0.141. The number of amides is 2. The largest absolute Gasteiger partial charge is 0.352 e. The molecule has 2 saturated heterocycles. The molecule has 3 rings (SSSR count). The monoisotopic (exact) mass is 322 g/mol. The third-order valence-electron chi connectivity index (χ3n) is 5.27. The number of piperazine rings is 1. The van der Waals surface area contributed by atoms with E-state index in [0.717, 1.165) is 70.9 Å². The highest BCUT2D eigenvalue weighted by molar-refractivity contribution is 5.79. The molecule has 1 N–H and O–H groups in total. The van der Waals surface area contributed by atoms with Gasteiger partial charge in [0.15, 0.2) is 0 Å². The van der Waals surface area contributed by atoms with Crippen LogP contribution in [0, 0.1) is 5.92 Å². The molecule has 2 heterocycles. The van der Waals surface area contributed by atoms with Gasteiger partial charge in [-0.3, -0.25) is 19.4 Å². The van der Waals surface area contributed by atoms with Gasteiger partial charge in [-0.05, 0) is 31.6 Å². The molecule has 3 aliphatic rings. The fraction of sp³-hybridized carbons (Fsp3) is 0.882. The topological polar surface area (TPSA) is 55.9 Å². The third-order valence-corrected chi connectivity index (χ3v) is 5.27. The molecule has 0 bridgehead atoms. The summed E-state index contributed by atoms with van der Waals surface area (Å²) in [6.45, 7) is 8.66. The Labute approximate surface area is 139 Å². The summed E-state index contributed by atoms with van der Waals surface area (Å²) in [5, 5.41) is 3.04. The van der Waals surface area contributed by atoms with Gasteiger partial charge in [-0.15, -0.1) is 0 Å². The zero-order valence-corrected chi connectivity index (χ0v) is 14.3. The second-order valence-corrected chi connectivity index (χ2v) is 7.46. The van der Waals surface area contributed by atoms with Crippen LogP contribution in [0.25, 0.3) is 0 Å². The van der Waals surface area contributed by atoms with Crippen LogP contribution in [-0.2, 0) is 9.59 Å². The quantitative estimate of drug-likeness (QED) is 0.782. The van der Waals surface area contributed by atoms with E-state index in [1.54, 1.807) is 0 Å². The standard InChI is InChI=1S/C17H30N4O2/c1-14-4-6-21(7-5-14)17(23)13-20-10-8-19(9-11-20)12-16(22)18-15-2-3-15/h14-15H,2-13H2,1H3,(H,18,22). The minimum Gasteiger partial charge on any atom is -0.352 e. The number of nitrogens with zero attached hydrogens (tertiary/aromatic N) is 3. The predicted molar refractivity (Wildman–Crippen MR) is 89.0 cm³/mol. The summed E-state index contributed by atoms with van der Waals surface area (Å²) in [6, 6.07) is 0.439. The van der Waals surface area contributed by atoms with Crippen molar-refractivity contribution in [1.29, 1.82) is 0 Å². The van der Waals surface area contributed by atoms with E-state index in [4.69, 9.17) is 0 Å². The second-order valence-electron chi connectivity index (χ2n) is 7.46. The van der Waals surface area contributed by atoms with Gasteiger partial charge < -0.3 is 10.2 Å². The molecule has 0 aromatic carbocycles. The molecule has 6 heteroatoms. The molecule has 0 aromatic rings. The van der Waals surface area contributed by atoms with Crippen LogP contribution in [0.4, 0.5) is 0 Å². The highest BCUT2D eigenvalue weighted by Gasteiger charge is 2.27. The van der Waals surface area contributed by atoms with Crippen LogP contribution < -0.4 is 5.32 Å². The van der Waals surface area contributed by atoms with Crippen LogP contribution in [0.3, 0.4) is 0 Å². The number of likely N-dealkylation sites (tertiary alicyclic amines) is 1. The Morgan fingerprint density at radius 3 is 2.00 bits per heavy atom.